The van der Waals surface area contributed by atoms with Crippen molar-refractivity contribution in [1.29, 1.82) is 0 Å². The fraction of sp³-hybridized carbons (Fsp3) is 0.444. The van der Waals surface area contributed by atoms with Crippen molar-refractivity contribution < 1.29 is 13.2 Å². The van der Waals surface area contributed by atoms with Gasteiger partial charge in [-0.1, -0.05) is 29.3 Å². The summed E-state index contributed by atoms with van der Waals surface area (Å²) in [5.41, 5.74) is 2.82. The van der Waals surface area contributed by atoms with E-state index in [4.69, 9.17) is 0 Å². The first-order valence-electron chi connectivity index (χ1n) is 8.30. The summed E-state index contributed by atoms with van der Waals surface area (Å²) in [6, 6.07) is 6.36. The Balaban J connectivity index is 0.00000364. The van der Waals surface area contributed by atoms with Crippen LogP contribution in [0, 0.1) is 13.8 Å². The summed E-state index contributed by atoms with van der Waals surface area (Å²) in [5.74, 6) is 0.450. The average Bonchev–Trinajstić information content (AvgIpc) is 2.91. The largest absolute Gasteiger partial charge is 0.435 e. The molecule has 2 rings (SSSR count). The van der Waals surface area contributed by atoms with Gasteiger partial charge in [0.1, 0.15) is 0 Å². The molecule has 150 valence electrons. The van der Waals surface area contributed by atoms with Gasteiger partial charge in [-0.2, -0.15) is 18.3 Å². The third-order valence-corrected chi connectivity index (χ3v) is 3.83. The van der Waals surface area contributed by atoms with E-state index < -0.39 is 11.9 Å². The quantitative estimate of drug-likeness (QED) is 0.379. The van der Waals surface area contributed by atoms with Crippen molar-refractivity contribution in [2.24, 2.45) is 12.0 Å². The summed E-state index contributed by atoms with van der Waals surface area (Å²) in [7, 11) is 3.05. The van der Waals surface area contributed by atoms with Gasteiger partial charge in [0, 0.05) is 38.9 Å². The molecule has 0 saturated heterocycles. The number of guanidine groups is 1. The zero-order valence-corrected chi connectivity index (χ0v) is 18.1. The molecule has 1 aromatic carbocycles. The number of benzene rings is 1. The first-order valence-corrected chi connectivity index (χ1v) is 8.30. The Hall–Kier alpha value is -1.78. The van der Waals surface area contributed by atoms with Crippen molar-refractivity contribution in [2.45, 2.75) is 33.0 Å². The molecule has 0 radical (unpaired) electrons. The van der Waals surface area contributed by atoms with Crippen molar-refractivity contribution in [3.8, 4) is 0 Å². The normalized spacial score (nSPS) is 11.9. The number of alkyl halides is 3. The van der Waals surface area contributed by atoms with Crippen molar-refractivity contribution in [3.05, 3.63) is 52.3 Å². The summed E-state index contributed by atoms with van der Waals surface area (Å²) >= 11 is 0. The molecule has 0 spiro atoms. The third kappa shape index (κ3) is 7.04. The van der Waals surface area contributed by atoms with E-state index in [-0.39, 0.29) is 36.1 Å². The Bertz CT molecular complexity index is 764. The molecule has 0 unspecified atom stereocenters. The molecule has 0 bridgehead atoms. The van der Waals surface area contributed by atoms with Gasteiger partial charge in [-0.15, -0.1) is 24.0 Å². The maximum absolute atomic E-state index is 13.0. The maximum Gasteiger partial charge on any atom is 0.435 e. The predicted octanol–water partition coefficient (Wildman–Crippen LogP) is 3.58. The smallest absolute Gasteiger partial charge is 0.356 e. The molecule has 0 fully saturated rings. The maximum atomic E-state index is 13.0. The highest BCUT2D eigenvalue weighted by molar-refractivity contribution is 14.0. The Morgan fingerprint density at radius 2 is 1.78 bits per heavy atom. The van der Waals surface area contributed by atoms with Gasteiger partial charge in [-0.3, -0.25) is 9.67 Å². The van der Waals surface area contributed by atoms with Gasteiger partial charge in [0.25, 0.3) is 0 Å². The summed E-state index contributed by atoms with van der Waals surface area (Å²) in [5, 5.41) is 9.52. The molecule has 27 heavy (non-hydrogen) atoms. The predicted molar refractivity (Wildman–Crippen MR) is 111 cm³/mol. The molecule has 2 N–H and O–H groups in total. The fourth-order valence-electron chi connectivity index (χ4n) is 2.84. The molecule has 0 saturated carbocycles. The molecule has 1 heterocycles. The molecule has 0 atom stereocenters. The second kappa shape index (κ2) is 9.95. The van der Waals surface area contributed by atoms with E-state index in [0.29, 0.717) is 12.5 Å². The molecule has 9 heteroatoms. The first-order chi connectivity index (χ1) is 12.2. The summed E-state index contributed by atoms with van der Waals surface area (Å²) < 4.78 is 40.1. The monoisotopic (exact) mass is 495 g/mol. The number of aromatic nitrogens is 2. The van der Waals surface area contributed by atoms with Crippen LogP contribution in [0.2, 0.25) is 0 Å². The Labute approximate surface area is 174 Å². The molecule has 0 aliphatic rings. The lowest BCUT2D eigenvalue weighted by molar-refractivity contribution is -0.142. The summed E-state index contributed by atoms with van der Waals surface area (Å²) in [6.07, 6.45) is -2.32. The lowest BCUT2D eigenvalue weighted by atomic mass is 10.1. The Morgan fingerprint density at radius 3 is 2.33 bits per heavy atom. The number of aliphatic imine (C=N–C) groups is 1. The molecule has 2 aromatic rings. The van der Waals surface area contributed by atoms with E-state index in [0.717, 1.165) is 11.1 Å². The minimum atomic E-state index is -4.47. The van der Waals surface area contributed by atoms with Gasteiger partial charge < -0.3 is 10.6 Å². The highest BCUT2D eigenvalue weighted by Crippen LogP contribution is 2.30. The van der Waals surface area contributed by atoms with Crippen molar-refractivity contribution in [3.63, 3.8) is 0 Å². The summed E-state index contributed by atoms with van der Waals surface area (Å²) in [6.45, 7) is 4.72. The Kier molecular flexibility index (Phi) is 8.58. The van der Waals surface area contributed by atoms with Crippen LogP contribution in [0.15, 0.2) is 29.4 Å². The number of hydrogen-bond donors (Lipinski definition) is 2. The summed E-state index contributed by atoms with van der Waals surface area (Å²) in [4.78, 5) is 4.05. The minimum absolute atomic E-state index is 0. The highest BCUT2D eigenvalue weighted by Gasteiger charge is 2.36. The van der Waals surface area contributed by atoms with Crippen LogP contribution in [-0.2, 0) is 26.2 Å². The number of aryl methyl sites for hydroxylation is 3. The van der Waals surface area contributed by atoms with E-state index in [1.165, 1.54) is 29.9 Å². The van der Waals surface area contributed by atoms with Crippen molar-refractivity contribution >= 4 is 29.9 Å². The number of rotatable bonds is 5. The van der Waals surface area contributed by atoms with E-state index in [1.54, 1.807) is 7.05 Å². The van der Waals surface area contributed by atoms with E-state index in [1.807, 2.05) is 0 Å². The van der Waals surface area contributed by atoms with E-state index in [2.05, 4.69) is 52.8 Å². The lowest BCUT2D eigenvalue weighted by Crippen LogP contribution is -2.38. The molecule has 1 aromatic heterocycles. The average molecular weight is 495 g/mol. The van der Waals surface area contributed by atoms with Gasteiger partial charge >= 0.3 is 6.18 Å². The standard InChI is InChI=1S/C18H24F3N5.HI/c1-12-7-13(2)9-14(8-12)5-6-23-17(22-3)24-10-15-11-26(4)25-16(15)18(19,20)21;/h7-9,11H,5-6,10H2,1-4H3,(H2,22,23,24);1H. The lowest BCUT2D eigenvalue weighted by Gasteiger charge is -2.13. The van der Waals surface area contributed by atoms with Crippen molar-refractivity contribution in [2.75, 3.05) is 13.6 Å². The molecule has 0 aliphatic heterocycles. The SMILES string of the molecule is CN=C(NCCc1cc(C)cc(C)c1)NCc1cn(C)nc1C(F)(F)F.I. The molecule has 0 amide bonds. The van der Waals surface area contributed by atoms with Gasteiger partial charge in [-0.25, -0.2) is 0 Å². The molecular weight excluding hydrogens is 470 g/mol. The van der Waals surface area contributed by atoms with Crippen LogP contribution < -0.4 is 10.6 Å². The Morgan fingerprint density at radius 1 is 1.15 bits per heavy atom. The highest BCUT2D eigenvalue weighted by atomic mass is 127. The van der Waals surface area contributed by atoms with Crippen LogP contribution in [0.25, 0.3) is 0 Å². The van der Waals surface area contributed by atoms with Crippen LogP contribution >= 0.6 is 24.0 Å². The second-order valence-corrected chi connectivity index (χ2v) is 6.27. The topological polar surface area (TPSA) is 54.2 Å². The number of halogens is 4. The number of hydrogen-bond acceptors (Lipinski definition) is 2. The zero-order chi connectivity index (χ0) is 19.3. The second-order valence-electron chi connectivity index (χ2n) is 6.27. The zero-order valence-electron chi connectivity index (χ0n) is 15.8. The third-order valence-electron chi connectivity index (χ3n) is 3.83. The fourth-order valence-corrected chi connectivity index (χ4v) is 2.84. The van der Waals surface area contributed by atoms with Crippen LogP contribution in [0.1, 0.15) is 27.9 Å². The van der Waals surface area contributed by atoms with Gasteiger partial charge in [-0.05, 0) is 25.8 Å². The van der Waals surface area contributed by atoms with Crippen LogP contribution in [0.4, 0.5) is 13.2 Å². The van der Waals surface area contributed by atoms with Crippen LogP contribution in [0.3, 0.4) is 0 Å². The number of nitrogens with one attached hydrogen (secondary N) is 2. The first kappa shape index (κ1) is 23.3. The minimum Gasteiger partial charge on any atom is -0.356 e. The van der Waals surface area contributed by atoms with E-state index >= 15 is 0 Å². The molecule has 5 nitrogen and oxygen atoms in total. The van der Waals surface area contributed by atoms with Crippen molar-refractivity contribution in [1.82, 2.24) is 20.4 Å². The van der Waals surface area contributed by atoms with Gasteiger partial charge in [0.05, 0.1) is 0 Å². The van der Waals surface area contributed by atoms with Crippen LogP contribution in [-0.4, -0.2) is 29.3 Å². The number of nitrogens with zero attached hydrogens (tertiary/aromatic N) is 3. The van der Waals surface area contributed by atoms with E-state index in [9.17, 15) is 13.2 Å². The molecule has 0 aliphatic carbocycles. The molecular formula is C18H25F3IN5. The van der Waals surface area contributed by atoms with Gasteiger partial charge in [0.2, 0.25) is 0 Å². The van der Waals surface area contributed by atoms with Crippen LogP contribution in [0.5, 0.6) is 0 Å². The van der Waals surface area contributed by atoms with Gasteiger partial charge in [0.15, 0.2) is 11.7 Å².